The molecule has 3 aliphatic heterocycles. The number of hydrogen-bond acceptors (Lipinski definition) is 8. The van der Waals surface area contributed by atoms with Gasteiger partial charge in [-0.3, -0.25) is 0 Å². The van der Waals surface area contributed by atoms with Crippen molar-refractivity contribution in [2.45, 2.75) is 216 Å². The Morgan fingerprint density at radius 2 is 1.16 bits per heavy atom. The molecule has 0 aromatic heterocycles. The van der Waals surface area contributed by atoms with Crippen LogP contribution in [0.1, 0.15) is 162 Å². The monoisotopic (exact) mass is 638 g/mol. The summed E-state index contributed by atoms with van der Waals surface area (Å²) in [6.45, 7) is 4.08. The van der Waals surface area contributed by atoms with Crippen LogP contribution in [0.5, 0.6) is 0 Å². The zero-order valence-corrected chi connectivity index (χ0v) is 28.5. The van der Waals surface area contributed by atoms with Crippen LogP contribution in [0.2, 0.25) is 0 Å². The Labute approximate surface area is 273 Å². The fourth-order valence-corrected chi connectivity index (χ4v) is 7.28. The van der Waals surface area contributed by atoms with Crippen molar-refractivity contribution in [2.24, 2.45) is 0 Å². The van der Waals surface area contributed by atoms with Crippen molar-refractivity contribution in [3.05, 3.63) is 11.6 Å². The number of aliphatic hydroxyl groups excluding tert-OH is 4. The van der Waals surface area contributed by atoms with Crippen LogP contribution in [0, 0.1) is 0 Å². The highest BCUT2D eigenvalue weighted by Crippen LogP contribution is 2.34. The molecule has 0 amide bonds. The van der Waals surface area contributed by atoms with Gasteiger partial charge in [-0.1, -0.05) is 71.1 Å². The summed E-state index contributed by atoms with van der Waals surface area (Å²) in [6.07, 6.45) is 21.2. The summed E-state index contributed by atoms with van der Waals surface area (Å²) in [5, 5.41) is 42.1. The zero-order chi connectivity index (χ0) is 32.4. The van der Waals surface area contributed by atoms with E-state index >= 15 is 0 Å². The van der Waals surface area contributed by atoms with Crippen LogP contribution in [-0.2, 0) is 19.0 Å². The minimum atomic E-state index is -0.578. The average Bonchev–Trinajstić information content (AvgIpc) is 3.77. The number of unbranched alkanes of at least 4 members (excludes halogenated alkanes) is 9. The molecule has 2 saturated heterocycles. The lowest BCUT2D eigenvalue weighted by Crippen LogP contribution is -2.33. The van der Waals surface area contributed by atoms with Gasteiger partial charge in [0.2, 0.25) is 0 Å². The van der Waals surface area contributed by atoms with E-state index in [1.165, 1.54) is 32.1 Å². The second kappa shape index (κ2) is 21.8. The van der Waals surface area contributed by atoms with Gasteiger partial charge in [0.1, 0.15) is 6.10 Å². The normalized spacial score (nSPS) is 27.8. The topological polar surface area (TPSA) is 126 Å². The molecule has 2 fully saturated rings. The second-order valence-corrected chi connectivity index (χ2v) is 14.2. The summed E-state index contributed by atoms with van der Waals surface area (Å²) >= 11 is 0. The molecule has 262 valence electrons. The molecule has 3 rings (SSSR count). The Hall–Kier alpha value is -1.03. The fraction of sp³-hybridized carbons (Fsp3) is 0.919. The second-order valence-electron chi connectivity index (χ2n) is 14.2. The number of carbonyl (C=O) groups excluding carboxylic acids is 1. The predicted octanol–water partition coefficient (Wildman–Crippen LogP) is 6.83. The maximum absolute atomic E-state index is 11.6. The molecule has 3 aliphatic rings. The van der Waals surface area contributed by atoms with Gasteiger partial charge in [-0.25, -0.2) is 4.79 Å². The summed E-state index contributed by atoms with van der Waals surface area (Å²) in [7, 11) is 0. The number of carbonyl (C=O) groups is 1. The summed E-state index contributed by atoms with van der Waals surface area (Å²) < 4.78 is 17.6. The highest BCUT2D eigenvalue weighted by atomic mass is 16.6. The van der Waals surface area contributed by atoms with Crippen LogP contribution < -0.4 is 0 Å². The lowest BCUT2D eigenvalue weighted by molar-refractivity contribution is -0.139. The first-order valence-corrected chi connectivity index (χ1v) is 18.7. The van der Waals surface area contributed by atoms with Crippen molar-refractivity contribution in [2.75, 3.05) is 0 Å². The fourth-order valence-electron chi connectivity index (χ4n) is 7.28. The summed E-state index contributed by atoms with van der Waals surface area (Å²) in [5.41, 5.74) is 0.834. The third-order valence-corrected chi connectivity index (χ3v) is 10.1. The van der Waals surface area contributed by atoms with Gasteiger partial charge in [0.25, 0.3) is 0 Å². The van der Waals surface area contributed by atoms with Crippen molar-refractivity contribution >= 4 is 5.97 Å². The largest absolute Gasteiger partial charge is 0.455 e. The predicted molar refractivity (Wildman–Crippen MR) is 177 cm³/mol. The van der Waals surface area contributed by atoms with Crippen molar-refractivity contribution in [3.63, 3.8) is 0 Å². The number of esters is 1. The number of aliphatic hydroxyl groups is 4. The molecule has 8 heteroatoms. The Bertz CT molecular complexity index is 833. The van der Waals surface area contributed by atoms with E-state index in [1.54, 1.807) is 0 Å². The Kier molecular flexibility index (Phi) is 18.6. The average molecular weight is 639 g/mol. The molecule has 8 nitrogen and oxygen atoms in total. The summed E-state index contributed by atoms with van der Waals surface area (Å²) in [5.74, 6) is -0.148. The van der Waals surface area contributed by atoms with Crippen molar-refractivity contribution < 1.29 is 39.4 Å². The maximum atomic E-state index is 11.6. The molecule has 4 N–H and O–H groups in total. The van der Waals surface area contributed by atoms with Gasteiger partial charge in [-0.05, 0) is 96.5 Å². The molecule has 45 heavy (non-hydrogen) atoms. The molecule has 0 aromatic rings. The molecular formula is C37H66O8. The Balaban J connectivity index is 1.16. The molecule has 0 radical (unpaired) electrons. The molecular weight excluding hydrogens is 572 g/mol. The molecule has 0 unspecified atom stereocenters. The number of ether oxygens (including phenoxy) is 3. The number of rotatable bonds is 25. The molecule has 0 aliphatic carbocycles. The van der Waals surface area contributed by atoms with E-state index in [4.69, 9.17) is 14.2 Å². The zero-order valence-electron chi connectivity index (χ0n) is 28.5. The van der Waals surface area contributed by atoms with Crippen LogP contribution in [0.25, 0.3) is 0 Å². The summed E-state index contributed by atoms with van der Waals surface area (Å²) in [6, 6.07) is 0. The van der Waals surface area contributed by atoms with Gasteiger partial charge in [-0.15, -0.1) is 0 Å². The van der Waals surface area contributed by atoms with Gasteiger partial charge < -0.3 is 34.6 Å². The molecule has 0 bridgehead atoms. The van der Waals surface area contributed by atoms with E-state index in [2.05, 4.69) is 6.92 Å². The molecule has 0 aromatic carbocycles. The van der Waals surface area contributed by atoms with Gasteiger partial charge in [-0.2, -0.15) is 0 Å². The minimum Gasteiger partial charge on any atom is -0.455 e. The van der Waals surface area contributed by atoms with Gasteiger partial charge >= 0.3 is 5.97 Å². The van der Waals surface area contributed by atoms with Crippen molar-refractivity contribution in [3.8, 4) is 0 Å². The highest BCUT2D eigenvalue weighted by molar-refractivity contribution is 5.90. The maximum Gasteiger partial charge on any atom is 0.334 e. The van der Waals surface area contributed by atoms with Crippen LogP contribution in [-0.4, -0.2) is 81.3 Å². The first-order valence-electron chi connectivity index (χ1n) is 18.7. The van der Waals surface area contributed by atoms with Crippen LogP contribution in [0.3, 0.4) is 0 Å². The van der Waals surface area contributed by atoms with Crippen molar-refractivity contribution in [1.29, 1.82) is 0 Å². The lowest BCUT2D eigenvalue weighted by Gasteiger charge is -2.24. The van der Waals surface area contributed by atoms with Gasteiger partial charge in [0.15, 0.2) is 0 Å². The number of hydrogen-bond donors (Lipinski definition) is 4. The summed E-state index contributed by atoms with van der Waals surface area (Å²) in [4.78, 5) is 11.6. The first-order chi connectivity index (χ1) is 21.8. The van der Waals surface area contributed by atoms with Crippen LogP contribution in [0.4, 0.5) is 0 Å². The van der Waals surface area contributed by atoms with E-state index in [-0.39, 0.29) is 48.7 Å². The van der Waals surface area contributed by atoms with E-state index in [0.717, 1.165) is 102 Å². The third kappa shape index (κ3) is 14.7. The van der Waals surface area contributed by atoms with Gasteiger partial charge in [0.05, 0.1) is 48.8 Å². The van der Waals surface area contributed by atoms with E-state index < -0.39 is 12.2 Å². The first kappa shape index (κ1) is 38.4. The highest BCUT2D eigenvalue weighted by Gasteiger charge is 2.40. The minimum absolute atomic E-state index is 0.0381. The molecule has 0 saturated carbocycles. The van der Waals surface area contributed by atoms with E-state index in [1.807, 2.05) is 13.0 Å². The lowest BCUT2D eigenvalue weighted by atomic mass is 9.99. The van der Waals surface area contributed by atoms with Gasteiger partial charge in [0, 0.05) is 5.57 Å². The van der Waals surface area contributed by atoms with E-state index in [0.29, 0.717) is 19.3 Å². The smallest absolute Gasteiger partial charge is 0.334 e. The SMILES string of the molecule is CCCCCC[C@@H](O)CCC[C@@H](O)[C@@H]1CC[C@H]([C@@H]2CC[C@@H]([C@@H](O)CC[C@@H](O)CCCCCCCCCC3=C[C@H](C)OC3=O)O2)O1. The van der Waals surface area contributed by atoms with E-state index in [9.17, 15) is 25.2 Å². The van der Waals surface area contributed by atoms with Crippen LogP contribution in [0.15, 0.2) is 11.6 Å². The van der Waals surface area contributed by atoms with Crippen LogP contribution >= 0.6 is 0 Å². The molecule has 0 spiro atoms. The van der Waals surface area contributed by atoms with Crippen molar-refractivity contribution in [1.82, 2.24) is 0 Å². The Morgan fingerprint density at radius 1 is 0.644 bits per heavy atom. The molecule has 9 atom stereocenters. The third-order valence-electron chi connectivity index (χ3n) is 10.1. The quantitative estimate of drug-likeness (QED) is 0.0634. The standard InChI is InChI=1S/C37H66O8/c1-3-4-5-12-16-29(38)18-14-19-31(40)33-22-24-35(44-33)36-25-23-34(45-36)32(41)21-20-30(39)17-13-10-8-6-7-9-11-15-28-26-27(2)43-37(28)42/h26-27,29-36,38-41H,3-25H2,1-2H3/t27-,29+,30-,31+,32-,33-,34-,35+,36-/m0/s1. The number of cyclic esters (lactones) is 1. The Morgan fingerprint density at radius 3 is 1.73 bits per heavy atom. The molecule has 3 heterocycles.